The zero-order chi connectivity index (χ0) is 19.3. The molecule has 4 aromatic rings. The summed E-state index contributed by atoms with van der Waals surface area (Å²) in [4.78, 5) is 25.6. The number of nitrogens with zero attached hydrogens (tertiary/aromatic N) is 2. The van der Waals surface area contributed by atoms with Crippen LogP contribution in [0, 0.1) is 12.7 Å². The topological polar surface area (TPSA) is 76.8 Å². The van der Waals surface area contributed by atoms with E-state index in [0.29, 0.717) is 22.4 Å². The van der Waals surface area contributed by atoms with Gasteiger partial charge in [-0.05, 0) is 19.1 Å². The molecule has 28 heavy (non-hydrogen) atoms. The number of para-hydroxylation sites is 1. The maximum atomic E-state index is 14.8. The third-order valence-corrected chi connectivity index (χ3v) is 5.35. The number of H-pyrrole nitrogens is 2. The number of aryl methyl sites for hydroxylation is 1. The lowest BCUT2D eigenvalue weighted by Crippen LogP contribution is -2.43. The Balaban J connectivity index is 1.68. The van der Waals surface area contributed by atoms with Gasteiger partial charge in [0.25, 0.3) is 5.56 Å². The number of aromatic amines is 2. The first-order chi connectivity index (χ1) is 13.6. The molecule has 3 heterocycles. The molecule has 2 aromatic carbocycles. The third kappa shape index (κ3) is 2.66. The van der Waals surface area contributed by atoms with Crippen molar-refractivity contribution in [2.45, 2.75) is 6.92 Å². The number of nitrogens with one attached hydrogen (secondary N) is 3. The van der Waals surface area contributed by atoms with Crippen molar-refractivity contribution in [3.63, 3.8) is 0 Å². The van der Waals surface area contributed by atoms with Gasteiger partial charge in [0.15, 0.2) is 0 Å². The van der Waals surface area contributed by atoms with E-state index in [1.54, 1.807) is 6.07 Å². The second-order valence-electron chi connectivity index (χ2n) is 7.14. The maximum absolute atomic E-state index is 14.8. The summed E-state index contributed by atoms with van der Waals surface area (Å²) in [6, 6.07) is 10.9. The highest BCUT2D eigenvalue weighted by atomic mass is 19.1. The molecule has 0 spiro atoms. The van der Waals surface area contributed by atoms with E-state index in [1.165, 1.54) is 6.07 Å². The molecule has 0 bridgehead atoms. The molecule has 7 heteroatoms. The highest BCUT2D eigenvalue weighted by Crippen LogP contribution is 2.30. The van der Waals surface area contributed by atoms with Crippen LogP contribution in [0.15, 0.2) is 41.2 Å². The van der Waals surface area contributed by atoms with Gasteiger partial charge in [-0.25, -0.2) is 9.37 Å². The molecule has 1 aliphatic heterocycles. The van der Waals surface area contributed by atoms with Gasteiger partial charge in [-0.15, -0.1) is 0 Å². The van der Waals surface area contributed by atoms with Crippen LogP contribution in [0.3, 0.4) is 0 Å². The van der Waals surface area contributed by atoms with Crippen LogP contribution in [-0.4, -0.2) is 41.1 Å². The summed E-state index contributed by atoms with van der Waals surface area (Å²) in [6.45, 7) is 4.99. The van der Waals surface area contributed by atoms with Crippen LogP contribution in [0.4, 0.5) is 10.1 Å². The molecule has 1 aliphatic rings. The fraction of sp³-hybridized carbons (Fsp3) is 0.238. The number of hydrogen-bond donors (Lipinski definition) is 3. The predicted molar refractivity (Wildman–Crippen MR) is 109 cm³/mol. The first-order valence-electron chi connectivity index (χ1n) is 9.39. The minimum Gasteiger partial charge on any atom is -0.367 e. The quantitative estimate of drug-likeness (QED) is 0.502. The van der Waals surface area contributed by atoms with Gasteiger partial charge in [0.1, 0.15) is 11.5 Å². The second kappa shape index (κ2) is 6.45. The standard InChI is InChI=1S/C21H20FN5O/c1-12-19(13-4-2-3-5-15(13)24-12)20-21(28)26-17-11-18(14(22)10-16(17)25-20)27-8-6-23-7-9-27/h2-5,10-11,23-24H,6-9H2,1H3,(H,26,28). The first-order valence-corrected chi connectivity index (χ1v) is 9.39. The molecule has 0 unspecified atom stereocenters. The monoisotopic (exact) mass is 377 g/mol. The van der Waals surface area contributed by atoms with Gasteiger partial charge < -0.3 is 20.2 Å². The highest BCUT2D eigenvalue weighted by molar-refractivity contribution is 5.97. The van der Waals surface area contributed by atoms with E-state index in [0.717, 1.165) is 48.3 Å². The van der Waals surface area contributed by atoms with E-state index >= 15 is 0 Å². The number of piperazine rings is 1. The van der Waals surface area contributed by atoms with E-state index in [9.17, 15) is 9.18 Å². The highest BCUT2D eigenvalue weighted by Gasteiger charge is 2.19. The van der Waals surface area contributed by atoms with Crippen LogP contribution in [0.25, 0.3) is 33.2 Å². The summed E-state index contributed by atoms with van der Waals surface area (Å²) in [5.74, 6) is -0.324. The van der Waals surface area contributed by atoms with Crippen molar-refractivity contribution >= 4 is 27.6 Å². The smallest absolute Gasteiger partial charge is 0.275 e. The lowest BCUT2D eigenvalue weighted by atomic mass is 10.1. The SMILES string of the molecule is Cc1[nH]c2ccccc2c1-c1nc2cc(F)c(N3CCNCC3)cc2[nH]c1=O. The summed E-state index contributed by atoms with van der Waals surface area (Å²) in [6.07, 6.45) is 0. The lowest BCUT2D eigenvalue weighted by molar-refractivity contribution is 0.567. The molecule has 5 rings (SSSR count). The lowest BCUT2D eigenvalue weighted by Gasteiger charge is -2.29. The van der Waals surface area contributed by atoms with Crippen molar-refractivity contribution in [2.24, 2.45) is 0 Å². The first kappa shape index (κ1) is 16.9. The number of anilines is 1. The Bertz CT molecular complexity index is 1250. The molecule has 1 fully saturated rings. The Hall–Kier alpha value is -3.19. The van der Waals surface area contributed by atoms with Crippen molar-refractivity contribution in [3.8, 4) is 11.3 Å². The molecule has 2 aromatic heterocycles. The van der Waals surface area contributed by atoms with Gasteiger partial charge >= 0.3 is 0 Å². The molecule has 0 aliphatic carbocycles. The number of aromatic nitrogens is 3. The Morgan fingerprint density at radius 2 is 1.86 bits per heavy atom. The fourth-order valence-electron chi connectivity index (χ4n) is 4.00. The van der Waals surface area contributed by atoms with E-state index in [-0.39, 0.29) is 11.4 Å². The van der Waals surface area contributed by atoms with Gasteiger partial charge in [-0.2, -0.15) is 0 Å². The minimum absolute atomic E-state index is 0.279. The van der Waals surface area contributed by atoms with Gasteiger partial charge in [0, 0.05) is 54.4 Å². The normalized spacial score (nSPS) is 14.9. The Morgan fingerprint density at radius 3 is 2.68 bits per heavy atom. The average molecular weight is 377 g/mol. The van der Waals surface area contributed by atoms with Crippen LogP contribution >= 0.6 is 0 Å². The van der Waals surface area contributed by atoms with Crippen molar-refractivity contribution in [1.82, 2.24) is 20.3 Å². The van der Waals surface area contributed by atoms with Gasteiger partial charge in [-0.3, -0.25) is 4.79 Å². The van der Waals surface area contributed by atoms with E-state index < -0.39 is 0 Å². The molecular weight excluding hydrogens is 357 g/mol. The second-order valence-corrected chi connectivity index (χ2v) is 7.14. The zero-order valence-electron chi connectivity index (χ0n) is 15.5. The van der Waals surface area contributed by atoms with E-state index in [1.807, 2.05) is 36.1 Å². The number of hydrogen-bond acceptors (Lipinski definition) is 4. The summed E-state index contributed by atoms with van der Waals surface area (Å²) in [7, 11) is 0. The predicted octanol–water partition coefficient (Wildman–Crippen LogP) is 2.93. The van der Waals surface area contributed by atoms with Crippen molar-refractivity contribution in [3.05, 3.63) is 58.3 Å². The number of benzene rings is 2. The van der Waals surface area contributed by atoms with Crippen LogP contribution in [-0.2, 0) is 0 Å². The Labute approximate surface area is 160 Å². The van der Waals surface area contributed by atoms with E-state index in [2.05, 4.69) is 20.3 Å². The largest absolute Gasteiger partial charge is 0.367 e. The summed E-state index contributed by atoms with van der Waals surface area (Å²) in [5, 5.41) is 4.18. The third-order valence-electron chi connectivity index (χ3n) is 5.35. The van der Waals surface area contributed by atoms with Crippen molar-refractivity contribution < 1.29 is 4.39 Å². The van der Waals surface area contributed by atoms with Gasteiger partial charge in [-0.1, -0.05) is 18.2 Å². The summed E-state index contributed by atoms with van der Waals surface area (Å²) >= 11 is 0. The number of halogens is 1. The van der Waals surface area contributed by atoms with Gasteiger partial charge in [0.2, 0.25) is 0 Å². The Morgan fingerprint density at radius 1 is 1.07 bits per heavy atom. The van der Waals surface area contributed by atoms with Crippen LogP contribution in [0.2, 0.25) is 0 Å². The molecule has 1 saturated heterocycles. The zero-order valence-corrected chi connectivity index (χ0v) is 15.5. The van der Waals surface area contributed by atoms with Crippen molar-refractivity contribution in [1.29, 1.82) is 0 Å². The Kier molecular flexibility index (Phi) is 3.91. The minimum atomic E-state index is -0.324. The fourth-order valence-corrected chi connectivity index (χ4v) is 4.00. The molecule has 6 nitrogen and oxygen atoms in total. The molecule has 142 valence electrons. The molecule has 0 amide bonds. The van der Waals surface area contributed by atoms with Crippen LogP contribution < -0.4 is 15.8 Å². The van der Waals surface area contributed by atoms with Crippen molar-refractivity contribution in [2.75, 3.05) is 31.1 Å². The van der Waals surface area contributed by atoms with Crippen LogP contribution in [0.5, 0.6) is 0 Å². The molecule has 3 N–H and O–H groups in total. The molecular formula is C21H20FN5O. The molecule has 0 atom stereocenters. The molecule has 0 radical (unpaired) electrons. The number of rotatable bonds is 2. The van der Waals surface area contributed by atoms with Gasteiger partial charge in [0.05, 0.1) is 16.7 Å². The van der Waals surface area contributed by atoms with E-state index in [4.69, 9.17) is 0 Å². The maximum Gasteiger partial charge on any atom is 0.275 e. The average Bonchev–Trinajstić information content (AvgIpc) is 3.03. The summed E-state index contributed by atoms with van der Waals surface area (Å²) < 4.78 is 14.8. The number of fused-ring (bicyclic) bond motifs is 2. The molecule has 0 saturated carbocycles. The van der Waals surface area contributed by atoms with Crippen LogP contribution in [0.1, 0.15) is 5.69 Å². The summed E-state index contributed by atoms with van der Waals surface area (Å²) in [5.41, 5.74) is 4.06.